The van der Waals surface area contributed by atoms with Gasteiger partial charge in [-0.1, -0.05) is 32.9 Å². The Labute approximate surface area is 125 Å². The number of hydrogen-bond acceptors (Lipinski definition) is 3. The molecule has 1 N–H and O–H groups in total. The van der Waals surface area contributed by atoms with Gasteiger partial charge >= 0.3 is 0 Å². The van der Waals surface area contributed by atoms with Gasteiger partial charge in [0.15, 0.2) is 6.29 Å². The van der Waals surface area contributed by atoms with Gasteiger partial charge in [-0.15, -0.1) is 0 Å². The summed E-state index contributed by atoms with van der Waals surface area (Å²) in [6, 6.07) is 11.1. The van der Waals surface area contributed by atoms with Crippen LogP contribution in [0.1, 0.15) is 36.7 Å². The van der Waals surface area contributed by atoms with Crippen LogP contribution < -0.4 is 4.74 Å². The van der Waals surface area contributed by atoms with Crippen molar-refractivity contribution in [3.8, 4) is 22.6 Å². The fourth-order valence-corrected chi connectivity index (χ4v) is 2.17. The van der Waals surface area contributed by atoms with Crippen molar-refractivity contribution in [3.05, 3.63) is 47.5 Å². The van der Waals surface area contributed by atoms with Crippen LogP contribution in [0.2, 0.25) is 0 Å². The molecule has 0 aliphatic heterocycles. The van der Waals surface area contributed by atoms with Crippen LogP contribution in [0, 0.1) is 0 Å². The third-order valence-corrected chi connectivity index (χ3v) is 3.53. The Kier molecular flexibility index (Phi) is 4.03. The largest absolute Gasteiger partial charge is 0.507 e. The molecule has 21 heavy (non-hydrogen) atoms. The minimum atomic E-state index is -0.104. The van der Waals surface area contributed by atoms with Gasteiger partial charge in [0.2, 0.25) is 0 Å². The van der Waals surface area contributed by atoms with Crippen molar-refractivity contribution in [1.82, 2.24) is 0 Å². The maximum absolute atomic E-state index is 11.2. The SMILES string of the molecule is COc1ccc(-c2cc(C(C)(C)C)cc(C=O)c2O)cc1. The molecule has 110 valence electrons. The Morgan fingerprint density at radius 2 is 1.71 bits per heavy atom. The lowest BCUT2D eigenvalue weighted by Gasteiger charge is -2.21. The normalized spacial score (nSPS) is 11.2. The van der Waals surface area contributed by atoms with Crippen molar-refractivity contribution in [1.29, 1.82) is 0 Å². The van der Waals surface area contributed by atoms with E-state index < -0.39 is 0 Å². The van der Waals surface area contributed by atoms with Crippen LogP contribution in [0.4, 0.5) is 0 Å². The number of rotatable bonds is 3. The lowest BCUT2D eigenvalue weighted by molar-refractivity contribution is 0.112. The fourth-order valence-electron chi connectivity index (χ4n) is 2.17. The molecule has 0 saturated heterocycles. The van der Waals surface area contributed by atoms with E-state index in [9.17, 15) is 9.90 Å². The number of aldehydes is 1. The lowest BCUT2D eigenvalue weighted by atomic mass is 9.84. The van der Waals surface area contributed by atoms with E-state index in [0.29, 0.717) is 17.4 Å². The van der Waals surface area contributed by atoms with E-state index in [4.69, 9.17) is 4.74 Å². The summed E-state index contributed by atoms with van der Waals surface area (Å²) in [5.41, 5.74) is 2.73. The van der Waals surface area contributed by atoms with E-state index in [2.05, 4.69) is 20.8 Å². The molecular weight excluding hydrogens is 264 g/mol. The maximum Gasteiger partial charge on any atom is 0.153 e. The average Bonchev–Trinajstić information content (AvgIpc) is 2.46. The molecule has 0 saturated carbocycles. The molecule has 0 fully saturated rings. The summed E-state index contributed by atoms with van der Waals surface area (Å²) in [5, 5.41) is 10.3. The average molecular weight is 284 g/mol. The summed E-state index contributed by atoms with van der Waals surface area (Å²) in [7, 11) is 1.61. The van der Waals surface area contributed by atoms with Crippen molar-refractivity contribution in [3.63, 3.8) is 0 Å². The number of methoxy groups -OCH3 is 1. The number of benzene rings is 2. The molecule has 0 unspecified atom stereocenters. The predicted octanol–water partition coefficient (Wildman–Crippen LogP) is 4.18. The molecule has 2 aromatic carbocycles. The van der Waals surface area contributed by atoms with Crippen LogP contribution in [0.5, 0.6) is 11.5 Å². The van der Waals surface area contributed by atoms with E-state index in [1.54, 1.807) is 13.2 Å². The minimum Gasteiger partial charge on any atom is -0.507 e. The molecule has 0 aromatic heterocycles. The van der Waals surface area contributed by atoms with Gasteiger partial charge in [0.1, 0.15) is 11.5 Å². The second-order valence-corrected chi connectivity index (χ2v) is 6.06. The Hall–Kier alpha value is -2.29. The molecule has 0 spiro atoms. The predicted molar refractivity (Wildman–Crippen MR) is 84.2 cm³/mol. The van der Waals surface area contributed by atoms with Crippen molar-refractivity contribution in [2.24, 2.45) is 0 Å². The number of aromatic hydroxyl groups is 1. The molecule has 0 aliphatic rings. The number of phenols is 1. The number of hydrogen-bond donors (Lipinski definition) is 1. The van der Waals surface area contributed by atoms with Crippen molar-refractivity contribution < 1.29 is 14.6 Å². The Morgan fingerprint density at radius 3 is 2.19 bits per heavy atom. The molecule has 0 bridgehead atoms. The van der Waals surface area contributed by atoms with Gasteiger partial charge in [-0.3, -0.25) is 4.79 Å². The highest BCUT2D eigenvalue weighted by Crippen LogP contribution is 2.37. The number of phenolic OH excluding ortho intramolecular Hbond substituents is 1. The molecule has 2 aromatic rings. The number of ether oxygens (including phenoxy) is 1. The molecule has 0 amide bonds. The van der Waals surface area contributed by atoms with Crippen LogP contribution >= 0.6 is 0 Å². The Bertz CT molecular complexity index is 649. The van der Waals surface area contributed by atoms with E-state index in [1.165, 1.54) is 0 Å². The van der Waals surface area contributed by atoms with Gasteiger partial charge in [0, 0.05) is 5.56 Å². The molecule has 0 aliphatic carbocycles. The number of carbonyl (C=O) groups is 1. The first-order chi connectivity index (χ1) is 9.86. The second kappa shape index (κ2) is 5.60. The molecule has 3 nitrogen and oxygen atoms in total. The molecule has 3 heteroatoms. The summed E-state index contributed by atoms with van der Waals surface area (Å²) in [4.78, 5) is 11.2. The monoisotopic (exact) mass is 284 g/mol. The van der Waals surface area contributed by atoms with Crippen LogP contribution in [-0.2, 0) is 5.41 Å². The van der Waals surface area contributed by atoms with Gasteiger partial charge in [0.25, 0.3) is 0 Å². The second-order valence-electron chi connectivity index (χ2n) is 6.06. The third-order valence-electron chi connectivity index (χ3n) is 3.53. The molecule has 0 heterocycles. The maximum atomic E-state index is 11.2. The first kappa shape index (κ1) is 15.1. The van der Waals surface area contributed by atoms with Gasteiger partial charge < -0.3 is 9.84 Å². The van der Waals surface area contributed by atoms with Gasteiger partial charge in [-0.2, -0.15) is 0 Å². The van der Waals surface area contributed by atoms with Gasteiger partial charge in [-0.05, 0) is 40.8 Å². The molecule has 0 atom stereocenters. The Morgan fingerprint density at radius 1 is 1.10 bits per heavy atom. The minimum absolute atomic E-state index is 0.0168. The van der Waals surface area contributed by atoms with Crippen LogP contribution in [0.3, 0.4) is 0 Å². The van der Waals surface area contributed by atoms with Crippen molar-refractivity contribution in [2.75, 3.05) is 7.11 Å². The van der Waals surface area contributed by atoms with Gasteiger partial charge in [-0.25, -0.2) is 0 Å². The highest BCUT2D eigenvalue weighted by molar-refractivity contribution is 5.86. The zero-order chi connectivity index (χ0) is 15.6. The standard InChI is InChI=1S/C18H20O3/c1-18(2,3)14-9-13(11-19)17(20)16(10-14)12-5-7-15(21-4)8-6-12/h5-11,20H,1-4H3. The van der Waals surface area contributed by atoms with Crippen LogP contribution in [0.25, 0.3) is 11.1 Å². The summed E-state index contributed by atoms with van der Waals surface area (Å²) in [5.74, 6) is 0.768. The lowest BCUT2D eigenvalue weighted by Crippen LogP contribution is -2.11. The van der Waals surface area contributed by atoms with Crippen molar-refractivity contribution >= 4 is 6.29 Å². The first-order valence-electron chi connectivity index (χ1n) is 6.84. The summed E-state index contributed by atoms with van der Waals surface area (Å²) < 4.78 is 5.14. The van der Waals surface area contributed by atoms with Crippen LogP contribution in [0.15, 0.2) is 36.4 Å². The third kappa shape index (κ3) is 3.07. The molecular formula is C18H20O3. The quantitative estimate of drug-likeness (QED) is 0.860. The zero-order valence-corrected chi connectivity index (χ0v) is 12.8. The number of carbonyl (C=O) groups excluding carboxylic acids is 1. The summed E-state index contributed by atoms with van der Waals surface area (Å²) in [6.07, 6.45) is 0.692. The topological polar surface area (TPSA) is 46.5 Å². The van der Waals surface area contributed by atoms with Crippen molar-refractivity contribution in [2.45, 2.75) is 26.2 Å². The molecule has 0 radical (unpaired) electrons. The van der Waals surface area contributed by atoms with E-state index in [0.717, 1.165) is 16.9 Å². The molecule has 2 rings (SSSR count). The van der Waals surface area contributed by atoms with E-state index in [-0.39, 0.29) is 11.2 Å². The fraction of sp³-hybridized carbons (Fsp3) is 0.278. The van der Waals surface area contributed by atoms with Gasteiger partial charge in [0.05, 0.1) is 12.7 Å². The van der Waals surface area contributed by atoms with E-state index in [1.807, 2.05) is 30.3 Å². The van der Waals surface area contributed by atoms with Crippen LogP contribution in [-0.4, -0.2) is 18.5 Å². The first-order valence-corrected chi connectivity index (χ1v) is 6.84. The summed E-state index contributed by atoms with van der Waals surface area (Å²) in [6.45, 7) is 6.23. The summed E-state index contributed by atoms with van der Waals surface area (Å²) >= 11 is 0. The highest BCUT2D eigenvalue weighted by atomic mass is 16.5. The zero-order valence-electron chi connectivity index (χ0n) is 12.8. The highest BCUT2D eigenvalue weighted by Gasteiger charge is 2.19. The van der Waals surface area contributed by atoms with E-state index >= 15 is 0 Å². The Balaban J connectivity index is 2.63. The smallest absolute Gasteiger partial charge is 0.153 e.